The highest BCUT2D eigenvalue weighted by Gasteiger charge is 2.34. The molecule has 0 bridgehead atoms. The molecule has 0 unspecified atom stereocenters. The predicted octanol–water partition coefficient (Wildman–Crippen LogP) is 2.71. The van der Waals surface area contributed by atoms with Crippen molar-refractivity contribution in [3.05, 3.63) is 79.9 Å². The lowest BCUT2D eigenvalue weighted by molar-refractivity contribution is -0.385. The van der Waals surface area contributed by atoms with Gasteiger partial charge >= 0.3 is 0 Å². The molecule has 11 nitrogen and oxygen atoms in total. The molecule has 31 heavy (non-hydrogen) atoms. The van der Waals surface area contributed by atoms with Crippen LogP contribution in [0.4, 0.5) is 11.4 Å². The lowest BCUT2D eigenvalue weighted by Gasteiger charge is -2.22. The van der Waals surface area contributed by atoms with Crippen LogP contribution in [-0.2, 0) is 9.59 Å². The van der Waals surface area contributed by atoms with Gasteiger partial charge in [-0.15, -0.1) is 0 Å². The van der Waals surface area contributed by atoms with Crippen molar-refractivity contribution in [1.82, 2.24) is 10.3 Å². The molecule has 160 valence electrons. The molecule has 1 atom stereocenters. The number of benzene rings is 2. The molecule has 3 rings (SSSR count). The molecule has 0 saturated heterocycles. The van der Waals surface area contributed by atoms with E-state index >= 15 is 0 Å². The van der Waals surface area contributed by atoms with Crippen LogP contribution in [0.5, 0.6) is 0 Å². The Bertz CT molecular complexity index is 1070. The van der Waals surface area contributed by atoms with E-state index in [0.29, 0.717) is 16.8 Å². The van der Waals surface area contributed by atoms with E-state index in [4.69, 9.17) is 0 Å². The number of nitro benzene ring substituents is 2. The highest BCUT2D eigenvalue weighted by molar-refractivity contribution is 6.03. The average molecular weight is 425 g/mol. The number of nitrogens with one attached hydrogen (secondary N) is 1. The molecule has 1 aliphatic heterocycles. The van der Waals surface area contributed by atoms with E-state index in [1.54, 1.807) is 13.0 Å². The number of rotatable bonds is 7. The van der Waals surface area contributed by atoms with Gasteiger partial charge in [-0.05, 0) is 23.3 Å². The third kappa shape index (κ3) is 4.89. The number of non-ortho nitro benzene ring substituents is 2. The van der Waals surface area contributed by atoms with Crippen LogP contribution in [0, 0.1) is 20.2 Å². The maximum absolute atomic E-state index is 12.8. The second-order valence-electron chi connectivity index (χ2n) is 6.79. The van der Waals surface area contributed by atoms with Crippen LogP contribution in [0.1, 0.15) is 36.9 Å². The molecule has 0 spiro atoms. The van der Waals surface area contributed by atoms with E-state index in [2.05, 4.69) is 10.4 Å². The topological polar surface area (TPSA) is 148 Å². The average Bonchev–Trinajstić information content (AvgIpc) is 3.23. The smallest absolute Gasteiger partial charge is 0.269 e. The van der Waals surface area contributed by atoms with Gasteiger partial charge in [-0.25, -0.2) is 5.01 Å². The molecule has 1 aliphatic rings. The minimum absolute atomic E-state index is 0.0761. The van der Waals surface area contributed by atoms with Gasteiger partial charge in [0.2, 0.25) is 5.91 Å². The summed E-state index contributed by atoms with van der Waals surface area (Å²) < 4.78 is 0. The van der Waals surface area contributed by atoms with Crippen LogP contribution in [0.15, 0.2) is 53.6 Å². The van der Waals surface area contributed by atoms with E-state index in [-0.39, 0.29) is 36.7 Å². The maximum Gasteiger partial charge on any atom is 0.269 e. The Hall–Kier alpha value is -4.15. The number of amides is 2. The molecule has 2 amide bonds. The fourth-order valence-corrected chi connectivity index (χ4v) is 3.18. The first kappa shape index (κ1) is 21.6. The SMILES string of the molecule is CCC(=O)NCC(=O)N1N=C(c2ccc([N+](=O)[O-])cc2)C[C@H]1c1cccc([N+](=O)[O-])c1. The van der Waals surface area contributed by atoms with Gasteiger partial charge in [0, 0.05) is 37.1 Å². The quantitative estimate of drug-likeness (QED) is 0.532. The highest BCUT2D eigenvalue weighted by atomic mass is 16.6. The summed E-state index contributed by atoms with van der Waals surface area (Å²) in [5.41, 5.74) is 1.42. The van der Waals surface area contributed by atoms with Gasteiger partial charge in [0.25, 0.3) is 17.3 Å². The van der Waals surface area contributed by atoms with Crippen LogP contribution >= 0.6 is 0 Å². The zero-order chi connectivity index (χ0) is 22.5. The molecule has 11 heteroatoms. The lowest BCUT2D eigenvalue weighted by Crippen LogP contribution is -2.37. The van der Waals surface area contributed by atoms with Gasteiger partial charge in [0.05, 0.1) is 28.1 Å². The van der Waals surface area contributed by atoms with Crippen molar-refractivity contribution >= 4 is 28.9 Å². The van der Waals surface area contributed by atoms with Gasteiger partial charge in [-0.2, -0.15) is 5.10 Å². The van der Waals surface area contributed by atoms with Crippen molar-refractivity contribution in [1.29, 1.82) is 0 Å². The summed E-state index contributed by atoms with van der Waals surface area (Å²) in [4.78, 5) is 45.3. The van der Waals surface area contributed by atoms with Crippen LogP contribution in [-0.4, -0.2) is 38.9 Å². The molecule has 0 aromatic heterocycles. The summed E-state index contributed by atoms with van der Waals surface area (Å²) >= 11 is 0. The fraction of sp³-hybridized carbons (Fsp3) is 0.250. The van der Waals surface area contributed by atoms with Crippen LogP contribution < -0.4 is 5.32 Å². The Morgan fingerprint density at radius 3 is 2.39 bits per heavy atom. The summed E-state index contributed by atoms with van der Waals surface area (Å²) in [5, 5.41) is 30.1. The Kier molecular flexibility index (Phi) is 6.34. The molecule has 1 heterocycles. The summed E-state index contributed by atoms with van der Waals surface area (Å²) in [7, 11) is 0. The van der Waals surface area contributed by atoms with Crippen molar-refractivity contribution in [2.75, 3.05) is 6.54 Å². The third-order valence-corrected chi connectivity index (χ3v) is 4.80. The first-order valence-corrected chi connectivity index (χ1v) is 9.45. The van der Waals surface area contributed by atoms with Crippen molar-refractivity contribution in [2.24, 2.45) is 5.10 Å². The van der Waals surface area contributed by atoms with E-state index < -0.39 is 21.8 Å². The number of hydrogen-bond donors (Lipinski definition) is 1. The number of hydrogen-bond acceptors (Lipinski definition) is 7. The fourth-order valence-electron chi connectivity index (χ4n) is 3.18. The highest BCUT2D eigenvalue weighted by Crippen LogP contribution is 2.34. The first-order valence-electron chi connectivity index (χ1n) is 9.45. The monoisotopic (exact) mass is 425 g/mol. The Labute approximate surface area is 176 Å². The summed E-state index contributed by atoms with van der Waals surface area (Å²) in [6.45, 7) is 1.39. The Balaban J connectivity index is 1.92. The minimum Gasteiger partial charge on any atom is -0.347 e. The number of carbonyl (C=O) groups is 2. The summed E-state index contributed by atoms with van der Waals surface area (Å²) in [6.07, 6.45) is 0.478. The molecule has 0 aliphatic carbocycles. The van der Waals surface area contributed by atoms with Crippen LogP contribution in [0.2, 0.25) is 0 Å². The molecular formula is C20H19N5O6. The van der Waals surface area contributed by atoms with Gasteiger partial charge in [0.1, 0.15) is 0 Å². The van der Waals surface area contributed by atoms with Crippen molar-refractivity contribution in [3.8, 4) is 0 Å². The van der Waals surface area contributed by atoms with E-state index in [1.165, 1.54) is 47.5 Å². The maximum atomic E-state index is 12.8. The van der Waals surface area contributed by atoms with Gasteiger partial charge in [0.15, 0.2) is 0 Å². The molecule has 2 aromatic rings. The van der Waals surface area contributed by atoms with Crippen LogP contribution in [0.3, 0.4) is 0 Å². The van der Waals surface area contributed by atoms with Crippen molar-refractivity contribution in [2.45, 2.75) is 25.8 Å². The summed E-state index contributed by atoms with van der Waals surface area (Å²) in [5.74, 6) is -0.769. The van der Waals surface area contributed by atoms with Gasteiger partial charge < -0.3 is 5.32 Å². The molecule has 0 radical (unpaired) electrons. The Morgan fingerprint density at radius 1 is 1.10 bits per heavy atom. The molecule has 1 N–H and O–H groups in total. The largest absolute Gasteiger partial charge is 0.347 e. The van der Waals surface area contributed by atoms with Crippen LogP contribution in [0.25, 0.3) is 0 Å². The summed E-state index contributed by atoms with van der Waals surface area (Å²) in [6, 6.07) is 11.1. The predicted molar refractivity (Wildman–Crippen MR) is 110 cm³/mol. The number of nitro groups is 2. The third-order valence-electron chi connectivity index (χ3n) is 4.80. The minimum atomic E-state index is -0.615. The second kappa shape index (κ2) is 9.11. The lowest BCUT2D eigenvalue weighted by atomic mass is 9.98. The zero-order valence-electron chi connectivity index (χ0n) is 16.6. The normalized spacial score (nSPS) is 15.3. The second-order valence-corrected chi connectivity index (χ2v) is 6.79. The number of hydrazone groups is 1. The Morgan fingerprint density at radius 2 is 1.77 bits per heavy atom. The number of nitrogens with zero attached hydrogens (tertiary/aromatic N) is 4. The van der Waals surface area contributed by atoms with Crippen molar-refractivity contribution < 1.29 is 19.4 Å². The van der Waals surface area contributed by atoms with E-state index in [1.807, 2.05) is 0 Å². The van der Waals surface area contributed by atoms with E-state index in [9.17, 15) is 29.8 Å². The zero-order valence-corrected chi connectivity index (χ0v) is 16.6. The molecule has 0 fully saturated rings. The van der Waals surface area contributed by atoms with E-state index in [0.717, 1.165) is 0 Å². The van der Waals surface area contributed by atoms with Gasteiger partial charge in [-0.3, -0.25) is 29.8 Å². The molecule has 2 aromatic carbocycles. The standard InChI is InChI=1S/C20H19N5O6/c1-2-19(26)21-12-20(27)23-18(14-4-3-5-16(10-14)25(30)31)11-17(22-23)13-6-8-15(9-7-13)24(28)29/h3-10,18H,2,11-12H2,1H3,(H,21,26)/t18-/m0/s1. The van der Waals surface area contributed by atoms with Gasteiger partial charge in [-0.1, -0.05) is 19.1 Å². The molecule has 0 saturated carbocycles. The first-order chi connectivity index (χ1) is 14.8. The number of carbonyl (C=O) groups excluding carboxylic acids is 2. The van der Waals surface area contributed by atoms with Crippen molar-refractivity contribution in [3.63, 3.8) is 0 Å². The molecular weight excluding hydrogens is 406 g/mol.